The third kappa shape index (κ3) is 5.57. The van der Waals surface area contributed by atoms with Crippen molar-refractivity contribution in [3.05, 3.63) is 70.9 Å². The summed E-state index contributed by atoms with van der Waals surface area (Å²) in [7, 11) is 0. The zero-order chi connectivity index (χ0) is 29.6. The summed E-state index contributed by atoms with van der Waals surface area (Å²) >= 11 is 0. The summed E-state index contributed by atoms with van der Waals surface area (Å²) in [5, 5.41) is 0. The van der Waals surface area contributed by atoms with Gasteiger partial charge in [0.1, 0.15) is 11.5 Å². The summed E-state index contributed by atoms with van der Waals surface area (Å²) in [5.41, 5.74) is 3.08. The van der Waals surface area contributed by atoms with Crippen molar-refractivity contribution in [3.8, 4) is 0 Å². The molecule has 0 N–H and O–H groups in total. The maximum atomic E-state index is 13.5. The fourth-order valence-corrected chi connectivity index (χ4v) is 7.21. The minimum Gasteiger partial charge on any atom is -0.299 e. The molecule has 0 saturated heterocycles. The highest BCUT2D eigenvalue weighted by atomic mass is 19.4. The van der Waals surface area contributed by atoms with Crippen LogP contribution in [-0.4, -0.2) is 44.4 Å². The lowest BCUT2D eigenvalue weighted by molar-refractivity contribution is -0.126. The Kier molecular flexibility index (Phi) is 7.62. The van der Waals surface area contributed by atoms with Crippen molar-refractivity contribution in [3.63, 3.8) is 0 Å². The van der Waals surface area contributed by atoms with Crippen LogP contribution in [0.1, 0.15) is 84.7 Å². The Morgan fingerprint density at radius 3 is 2.57 bits per heavy atom. The van der Waals surface area contributed by atoms with Crippen LogP contribution in [0.25, 0.3) is 11.2 Å². The molecule has 2 aromatic heterocycles. The molecule has 2 saturated carbocycles. The average Bonchev–Trinajstić information content (AvgIpc) is 3.74. The lowest BCUT2D eigenvalue weighted by atomic mass is 9.88. The number of nitrogens with zero attached hydrogens (tertiary/aromatic N) is 4. The van der Waals surface area contributed by atoms with E-state index in [-0.39, 0.29) is 35.7 Å². The van der Waals surface area contributed by atoms with Crippen molar-refractivity contribution in [1.82, 2.24) is 14.4 Å². The number of allylic oxidation sites excluding steroid dienone is 1. The number of alkyl halides is 3. The Hall–Kier alpha value is -3.62. The molecule has 2 fully saturated rings. The largest absolute Gasteiger partial charge is 0.433 e. The van der Waals surface area contributed by atoms with Gasteiger partial charge in [-0.15, -0.1) is 0 Å². The van der Waals surface area contributed by atoms with Gasteiger partial charge in [0.05, 0.1) is 24.1 Å². The number of imidazole rings is 1. The fourth-order valence-electron chi connectivity index (χ4n) is 7.21. The second-order valence-corrected chi connectivity index (χ2v) is 12.4. The number of hydrogen-bond donors (Lipinski definition) is 0. The number of hydrogen-bond acceptors (Lipinski definition) is 5. The van der Waals surface area contributed by atoms with E-state index < -0.39 is 11.9 Å². The quantitative estimate of drug-likeness (QED) is 0.270. The van der Waals surface area contributed by atoms with Crippen LogP contribution in [0.15, 0.2) is 47.9 Å². The van der Waals surface area contributed by atoms with E-state index in [1.54, 1.807) is 16.8 Å². The molecule has 42 heavy (non-hydrogen) atoms. The average molecular weight is 577 g/mol. The van der Waals surface area contributed by atoms with Gasteiger partial charge < -0.3 is 0 Å². The Balaban J connectivity index is 1.12. The molecule has 2 aliphatic carbocycles. The molecule has 1 aromatic carbocycles. The van der Waals surface area contributed by atoms with Crippen LogP contribution in [0.5, 0.6) is 0 Å². The van der Waals surface area contributed by atoms with Gasteiger partial charge in [-0.05, 0) is 68.4 Å². The SMILES string of the molecule is Cc1cc(Cc2nccn3c(C4=CCN=C4C(F)(F)F)cnc23)ccc1C(=O)C[C@@H]1CCC(C(=O)[C@H]2CCC(C)C2)C1. The van der Waals surface area contributed by atoms with Crippen molar-refractivity contribution in [1.29, 1.82) is 0 Å². The standard InChI is InChI=1S/C33H35F3N4O2/c1-19-3-6-23(13-19)30(42)24-7-4-22(15-24)17-29(41)25-8-5-21(14-20(25)2)16-27-32-39-18-28(40(32)12-11-37-27)26-9-10-38-31(26)33(34,35)36/h5,8-9,11-12,14,18-19,22-24H,3-4,6-7,10,13,15-17H2,1-2H3/t19?,22-,23+,24?/m1/s1. The van der Waals surface area contributed by atoms with Crippen LogP contribution >= 0.6 is 0 Å². The summed E-state index contributed by atoms with van der Waals surface area (Å²) in [6.07, 6.45) is 8.23. The van der Waals surface area contributed by atoms with E-state index in [1.807, 2.05) is 25.1 Å². The zero-order valence-electron chi connectivity index (χ0n) is 24.0. The monoisotopic (exact) mass is 576 g/mol. The predicted octanol–water partition coefficient (Wildman–Crippen LogP) is 7.02. The van der Waals surface area contributed by atoms with Crippen molar-refractivity contribution < 1.29 is 22.8 Å². The third-order valence-corrected chi connectivity index (χ3v) is 9.32. The second kappa shape index (κ2) is 11.2. The molecule has 4 atom stereocenters. The maximum Gasteiger partial charge on any atom is 0.433 e. The minimum atomic E-state index is -4.54. The molecule has 9 heteroatoms. The highest BCUT2D eigenvalue weighted by Crippen LogP contribution is 2.40. The lowest BCUT2D eigenvalue weighted by Gasteiger charge is -2.15. The van der Waals surface area contributed by atoms with E-state index in [9.17, 15) is 22.8 Å². The first-order valence-corrected chi connectivity index (χ1v) is 14.9. The maximum absolute atomic E-state index is 13.5. The number of carbonyl (C=O) groups is 2. The molecule has 3 aliphatic rings. The minimum absolute atomic E-state index is 0.0149. The van der Waals surface area contributed by atoms with Crippen LogP contribution in [0.4, 0.5) is 13.2 Å². The van der Waals surface area contributed by atoms with Crippen LogP contribution < -0.4 is 0 Å². The van der Waals surface area contributed by atoms with Crippen LogP contribution in [0.2, 0.25) is 0 Å². The number of aryl methyl sites for hydroxylation is 1. The molecule has 0 spiro atoms. The highest BCUT2D eigenvalue weighted by molar-refractivity contribution is 6.27. The summed E-state index contributed by atoms with van der Waals surface area (Å²) in [6.45, 7) is 4.13. The van der Waals surface area contributed by atoms with Gasteiger partial charge in [0, 0.05) is 48.2 Å². The first kappa shape index (κ1) is 28.5. The van der Waals surface area contributed by atoms with E-state index in [1.165, 1.54) is 12.3 Å². The third-order valence-electron chi connectivity index (χ3n) is 9.32. The van der Waals surface area contributed by atoms with Crippen molar-refractivity contribution in [2.75, 3.05) is 6.54 Å². The molecule has 6 nitrogen and oxygen atoms in total. The number of halogens is 3. The van der Waals surface area contributed by atoms with Gasteiger partial charge in [-0.2, -0.15) is 13.2 Å². The zero-order valence-corrected chi connectivity index (χ0v) is 24.0. The summed E-state index contributed by atoms with van der Waals surface area (Å²) in [6, 6.07) is 5.74. The van der Waals surface area contributed by atoms with Gasteiger partial charge in [0.25, 0.3) is 0 Å². The smallest absolute Gasteiger partial charge is 0.299 e. The Morgan fingerprint density at radius 2 is 1.83 bits per heavy atom. The van der Waals surface area contributed by atoms with Gasteiger partial charge in [-0.3, -0.25) is 24.0 Å². The topological polar surface area (TPSA) is 76.7 Å². The molecule has 1 aliphatic heterocycles. The normalized spacial score (nSPS) is 24.3. The summed E-state index contributed by atoms with van der Waals surface area (Å²) in [5.74, 6) is 1.75. The van der Waals surface area contributed by atoms with Crippen molar-refractivity contribution >= 4 is 28.5 Å². The van der Waals surface area contributed by atoms with Gasteiger partial charge in [0.15, 0.2) is 11.4 Å². The van der Waals surface area contributed by atoms with E-state index in [2.05, 4.69) is 21.9 Å². The van der Waals surface area contributed by atoms with Crippen LogP contribution in [0, 0.1) is 30.6 Å². The number of carbonyl (C=O) groups excluding carboxylic acids is 2. The highest BCUT2D eigenvalue weighted by Gasteiger charge is 2.41. The number of rotatable bonds is 8. The number of fused-ring (bicyclic) bond motifs is 1. The molecule has 2 unspecified atom stereocenters. The number of aliphatic imine (C=N–C) groups is 1. The Labute approximate surface area is 243 Å². The molecule has 220 valence electrons. The summed E-state index contributed by atoms with van der Waals surface area (Å²) in [4.78, 5) is 38.8. The van der Waals surface area contributed by atoms with Gasteiger partial charge in [-0.25, -0.2) is 4.98 Å². The van der Waals surface area contributed by atoms with Crippen molar-refractivity contribution in [2.24, 2.45) is 28.7 Å². The first-order chi connectivity index (χ1) is 20.1. The fraction of sp³-hybridized carbons (Fsp3) is 0.485. The molecular formula is C33H35F3N4O2. The van der Waals surface area contributed by atoms with E-state index in [0.717, 1.165) is 49.7 Å². The van der Waals surface area contributed by atoms with Crippen LogP contribution in [0.3, 0.4) is 0 Å². The molecule has 0 bridgehead atoms. The number of ketones is 2. The molecule has 0 amide bonds. The Bertz CT molecular complexity index is 1600. The first-order valence-electron chi connectivity index (χ1n) is 14.9. The van der Waals surface area contributed by atoms with E-state index in [4.69, 9.17) is 0 Å². The number of aromatic nitrogens is 3. The number of Topliss-reactive ketones (excluding diaryl/α,β-unsaturated/α-hetero) is 2. The predicted molar refractivity (Wildman–Crippen MR) is 155 cm³/mol. The van der Waals surface area contributed by atoms with Crippen LogP contribution in [-0.2, 0) is 11.2 Å². The molecule has 0 radical (unpaired) electrons. The lowest BCUT2D eigenvalue weighted by Crippen LogP contribution is -2.23. The molecule has 6 rings (SSSR count). The van der Waals surface area contributed by atoms with Gasteiger partial charge in [0.2, 0.25) is 0 Å². The molecular weight excluding hydrogens is 541 g/mol. The van der Waals surface area contributed by atoms with E-state index in [0.29, 0.717) is 47.1 Å². The summed E-state index contributed by atoms with van der Waals surface area (Å²) < 4.78 is 42.1. The Morgan fingerprint density at radius 1 is 1.05 bits per heavy atom. The van der Waals surface area contributed by atoms with Crippen molar-refractivity contribution in [2.45, 2.75) is 71.4 Å². The van der Waals surface area contributed by atoms with Gasteiger partial charge in [-0.1, -0.05) is 31.2 Å². The number of benzene rings is 1. The van der Waals surface area contributed by atoms with E-state index >= 15 is 0 Å². The second-order valence-electron chi connectivity index (χ2n) is 12.4. The molecule has 3 aromatic rings. The van der Waals surface area contributed by atoms with Gasteiger partial charge >= 0.3 is 6.18 Å². The molecule has 3 heterocycles.